The molecule has 1 aliphatic rings. The molecule has 1 aliphatic carbocycles. The lowest BCUT2D eigenvalue weighted by molar-refractivity contribution is 0.565. The minimum atomic E-state index is 0.499. The van der Waals surface area contributed by atoms with Gasteiger partial charge in [-0.15, -0.1) is 5.10 Å². The summed E-state index contributed by atoms with van der Waals surface area (Å²) in [5, 5.41) is 12.7. The molecule has 3 rings (SSSR count). The lowest BCUT2D eigenvalue weighted by Crippen LogP contribution is -1.99. The van der Waals surface area contributed by atoms with Crippen LogP contribution in [0.4, 0.5) is 5.69 Å². The molecular formula is C11H12BrN5S. The highest BCUT2D eigenvalue weighted by Gasteiger charge is 2.27. The molecule has 1 aromatic carbocycles. The number of hydrogen-bond donors (Lipinski definition) is 1. The minimum Gasteiger partial charge on any atom is -0.398 e. The van der Waals surface area contributed by atoms with Crippen LogP contribution in [0.5, 0.6) is 0 Å². The van der Waals surface area contributed by atoms with Gasteiger partial charge in [0.1, 0.15) is 0 Å². The summed E-state index contributed by atoms with van der Waals surface area (Å²) in [4.78, 5) is 0. The van der Waals surface area contributed by atoms with E-state index in [2.05, 4.69) is 31.5 Å². The third kappa shape index (κ3) is 2.37. The number of aromatic nitrogens is 4. The summed E-state index contributed by atoms with van der Waals surface area (Å²) >= 11 is 5.14. The van der Waals surface area contributed by atoms with Crippen LogP contribution in [0.3, 0.4) is 0 Å². The van der Waals surface area contributed by atoms with Gasteiger partial charge in [0.2, 0.25) is 5.16 Å². The Bertz CT molecular complexity index is 546. The van der Waals surface area contributed by atoms with Gasteiger partial charge in [0.15, 0.2) is 0 Å². The van der Waals surface area contributed by atoms with E-state index in [4.69, 9.17) is 5.73 Å². The Kier molecular flexibility index (Phi) is 3.25. The molecule has 0 bridgehead atoms. The van der Waals surface area contributed by atoms with E-state index >= 15 is 0 Å². The van der Waals surface area contributed by atoms with Crippen molar-refractivity contribution in [3.05, 3.63) is 28.2 Å². The predicted octanol–water partition coefficient (Wildman–Crippen LogP) is 2.65. The van der Waals surface area contributed by atoms with Crippen molar-refractivity contribution in [3.8, 4) is 0 Å². The number of nitrogens with two attached hydrogens (primary N) is 1. The Labute approximate surface area is 117 Å². The normalized spacial score (nSPS) is 14.9. The lowest BCUT2D eigenvalue weighted by atomic mass is 10.2. The van der Waals surface area contributed by atoms with E-state index in [1.54, 1.807) is 11.8 Å². The first-order chi connectivity index (χ1) is 8.75. The highest BCUT2D eigenvalue weighted by molar-refractivity contribution is 9.10. The summed E-state index contributed by atoms with van der Waals surface area (Å²) in [5.74, 6) is 0.764. The van der Waals surface area contributed by atoms with Crippen LogP contribution in [0.15, 0.2) is 27.8 Å². The van der Waals surface area contributed by atoms with Crippen LogP contribution in [0.25, 0.3) is 0 Å². The van der Waals surface area contributed by atoms with Crippen molar-refractivity contribution in [2.75, 3.05) is 5.73 Å². The molecule has 0 atom stereocenters. The van der Waals surface area contributed by atoms with Gasteiger partial charge in [-0.2, -0.15) is 0 Å². The second-order valence-electron chi connectivity index (χ2n) is 4.23. The van der Waals surface area contributed by atoms with Crippen LogP contribution >= 0.6 is 27.7 Å². The van der Waals surface area contributed by atoms with Crippen LogP contribution in [0.1, 0.15) is 24.4 Å². The fourth-order valence-corrected chi connectivity index (χ4v) is 3.41. The van der Waals surface area contributed by atoms with Crippen LogP contribution in [-0.2, 0) is 5.75 Å². The van der Waals surface area contributed by atoms with Gasteiger partial charge in [0.25, 0.3) is 0 Å². The average Bonchev–Trinajstić information content (AvgIpc) is 3.09. The van der Waals surface area contributed by atoms with Gasteiger partial charge in [0, 0.05) is 15.9 Å². The Hall–Kier alpha value is -1.08. The van der Waals surface area contributed by atoms with E-state index in [0.29, 0.717) is 6.04 Å². The molecule has 1 fully saturated rings. The molecular weight excluding hydrogens is 314 g/mol. The average molecular weight is 326 g/mol. The second kappa shape index (κ2) is 4.89. The van der Waals surface area contributed by atoms with Gasteiger partial charge in [-0.3, -0.25) is 0 Å². The molecule has 5 nitrogen and oxygen atoms in total. The van der Waals surface area contributed by atoms with Gasteiger partial charge >= 0.3 is 0 Å². The van der Waals surface area contributed by atoms with Crippen molar-refractivity contribution in [2.24, 2.45) is 0 Å². The maximum absolute atomic E-state index is 5.97. The molecule has 1 saturated carbocycles. The van der Waals surface area contributed by atoms with Gasteiger partial charge in [-0.25, -0.2) is 4.68 Å². The Morgan fingerprint density at radius 2 is 2.28 bits per heavy atom. The Morgan fingerprint density at radius 1 is 1.44 bits per heavy atom. The third-order valence-electron chi connectivity index (χ3n) is 2.86. The van der Waals surface area contributed by atoms with E-state index < -0.39 is 0 Å². The fourth-order valence-electron chi connectivity index (χ4n) is 1.69. The van der Waals surface area contributed by atoms with E-state index in [-0.39, 0.29) is 0 Å². The monoisotopic (exact) mass is 325 g/mol. The lowest BCUT2D eigenvalue weighted by Gasteiger charge is -2.07. The molecule has 94 valence electrons. The van der Waals surface area contributed by atoms with Crippen LogP contribution < -0.4 is 5.73 Å². The molecule has 1 aromatic heterocycles. The van der Waals surface area contributed by atoms with Gasteiger partial charge in [-0.05, 0) is 41.0 Å². The van der Waals surface area contributed by atoms with Crippen molar-refractivity contribution in [3.63, 3.8) is 0 Å². The summed E-state index contributed by atoms with van der Waals surface area (Å²) in [6, 6.07) is 6.33. The zero-order valence-electron chi connectivity index (χ0n) is 9.58. The summed E-state index contributed by atoms with van der Waals surface area (Å²) < 4.78 is 2.94. The van der Waals surface area contributed by atoms with Gasteiger partial charge in [0.05, 0.1) is 6.04 Å². The largest absolute Gasteiger partial charge is 0.398 e. The molecule has 7 heteroatoms. The summed E-state index contributed by atoms with van der Waals surface area (Å²) in [6.07, 6.45) is 2.35. The topological polar surface area (TPSA) is 69.6 Å². The quantitative estimate of drug-likeness (QED) is 0.691. The molecule has 0 saturated heterocycles. The zero-order chi connectivity index (χ0) is 12.5. The number of tetrazole rings is 1. The zero-order valence-corrected chi connectivity index (χ0v) is 12.0. The van der Waals surface area contributed by atoms with E-state index in [1.807, 2.05) is 22.9 Å². The fraction of sp³-hybridized carbons (Fsp3) is 0.364. The molecule has 2 N–H and O–H groups in total. The Balaban J connectivity index is 1.76. The van der Waals surface area contributed by atoms with Crippen LogP contribution in [-0.4, -0.2) is 20.2 Å². The van der Waals surface area contributed by atoms with Crippen molar-refractivity contribution in [1.29, 1.82) is 0 Å². The molecule has 0 radical (unpaired) electrons. The third-order valence-corrected chi connectivity index (χ3v) is 4.56. The first-order valence-electron chi connectivity index (χ1n) is 5.69. The molecule has 0 spiro atoms. The standard InChI is InChI=1S/C11H12BrN5S/c12-9-2-1-3-10(13)8(9)6-18-11-14-15-16-17(11)7-4-5-7/h1-3,7H,4-6,13H2. The number of anilines is 1. The maximum atomic E-state index is 5.97. The molecule has 18 heavy (non-hydrogen) atoms. The van der Waals surface area contributed by atoms with Crippen LogP contribution in [0, 0.1) is 0 Å². The van der Waals surface area contributed by atoms with E-state index in [1.165, 1.54) is 12.8 Å². The van der Waals surface area contributed by atoms with Crippen molar-refractivity contribution in [2.45, 2.75) is 29.8 Å². The molecule has 0 aliphatic heterocycles. The summed E-state index contributed by atoms with van der Waals surface area (Å²) in [5.41, 5.74) is 7.85. The maximum Gasteiger partial charge on any atom is 0.209 e. The van der Waals surface area contributed by atoms with Crippen LogP contribution in [0.2, 0.25) is 0 Å². The van der Waals surface area contributed by atoms with Gasteiger partial charge < -0.3 is 5.73 Å². The minimum absolute atomic E-state index is 0.499. The molecule has 0 unspecified atom stereocenters. The summed E-state index contributed by atoms with van der Waals surface area (Å²) in [6.45, 7) is 0. The van der Waals surface area contributed by atoms with Crippen molar-refractivity contribution in [1.82, 2.24) is 20.2 Å². The first-order valence-corrected chi connectivity index (χ1v) is 7.47. The van der Waals surface area contributed by atoms with Crippen molar-refractivity contribution < 1.29 is 0 Å². The number of nitrogen functional groups attached to an aromatic ring is 1. The Morgan fingerprint density at radius 3 is 3.00 bits per heavy atom. The van der Waals surface area contributed by atoms with Gasteiger partial charge in [-0.1, -0.05) is 33.8 Å². The van der Waals surface area contributed by atoms with Crippen molar-refractivity contribution >= 4 is 33.4 Å². The number of rotatable bonds is 4. The van der Waals surface area contributed by atoms with E-state index in [9.17, 15) is 0 Å². The molecule has 1 heterocycles. The molecule has 0 amide bonds. The number of nitrogens with zero attached hydrogens (tertiary/aromatic N) is 4. The molecule has 2 aromatic rings. The second-order valence-corrected chi connectivity index (χ2v) is 6.03. The van der Waals surface area contributed by atoms with E-state index in [0.717, 1.165) is 26.6 Å². The predicted molar refractivity (Wildman–Crippen MR) is 74.2 cm³/mol. The number of hydrogen-bond acceptors (Lipinski definition) is 5. The first kappa shape index (κ1) is 12.0. The highest BCUT2D eigenvalue weighted by atomic mass is 79.9. The highest BCUT2D eigenvalue weighted by Crippen LogP contribution is 2.37. The SMILES string of the molecule is Nc1cccc(Br)c1CSc1nnnn1C1CC1. The summed E-state index contributed by atoms with van der Waals surface area (Å²) in [7, 11) is 0. The smallest absolute Gasteiger partial charge is 0.209 e. The number of benzene rings is 1. The number of halogens is 1. The number of thioether (sulfide) groups is 1.